The molecular weight excluding hydrogens is 286 g/mol. The van der Waals surface area contributed by atoms with E-state index in [2.05, 4.69) is 20.2 Å². The Morgan fingerprint density at radius 3 is 2.91 bits per heavy atom. The highest BCUT2D eigenvalue weighted by molar-refractivity contribution is 5.27. The van der Waals surface area contributed by atoms with E-state index in [0.29, 0.717) is 12.2 Å². The van der Waals surface area contributed by atoms with Gasteiger partial charge in [0.2, 0.25) is 6.33 Å². The number of nitro groups is 1. The predicted molar refractivity (Wildman–Crippen MR) is 79.1 cm³/mol. The van der Waals surface area contributed by atoms with E-state index in [4.69, 9.17) is 0 Å². The monoisotopic (exact) mass is 305 g/mol. The lowest BCUT2D eigenvalue weighted by molar-refractivity contribution is -0.390. The summed E-state index contributed by atoms with van der Waals surface area (Å²) in [5.41, 5.74) is 0.617. The topological polar surface area (TPSA) is 94.1 Å². The molecule has 1 atom stereocenters. The summed E-state index contributed by atoms with van der Waals surface area (Å²) in [5.74, 6) is 0.886. The van der Waals surface area contributed by atoms with Crippen LogP contribution in [0.2, 0.25) is 0 Å². The fourth-order valence-corrected chi connectivity index (χ4v) is 2.86. The number of nitrogens with one attached hydrogen (secondary N) is 1. The molecule has 3 rings (SSSR count). The van der Waals surface area contributed by atoms with Crippen molar-refractivity contribution in [2.75, 3.05) is 19.6 Å². The minimum atomic E-state index is -0.423. The van der Waals surface area contributed by atoms with E-state index in [1.165, 1.54) is 6.33 Å². The first-order valence-corrected chi connectivity index (χ1v) is 7.14. The number of piperazine rings is 1. The number of nitrogens with zero attached hydrogens (tertiary/aromatic N) is 6. The second-order valence-electron chi connectivity index (χ2n) is 5.47. The zero-order valence-electron chi connectivity index (χ0n) is 12.6. The lowest BCUT2D eigenvalue weighted by Gasteiger charge is -2.35. The zero-order chi connectivity index (χ0) is 15.7. The van der Waals surface area contributed by atoms with Crippen molar-refractivity contribution in [1.29, 1.82) is 0 Å². The van der Waals surface area contributed by atoms with Crippen LogP contribution in [0.1, 0.15) is 17.6 Å². The molecule has 1 aliphatic heterocycles. The van der Waals surface area contributed by atoms with Gasteiger partial charge >= 0.3 is 5.82 Å². The first-order chi connectivity index (χ1) is 10.6. The van der Waals surface area contributed by atoms with Crippen LogP contribution in [0.5, 0.6) is 0 Å². The smallest absolute Gasteiger partial charge is 0.358 e. The van der Waals surface area contributed by atoms with Gasteiger partial charge in [0.05, 0.1) is 6.04 Å². The standard InChI is InChI=1S/C13H19N7O2/c1-17-5-4-15-12(17)10-7-14-3-6-19(10)8-11-13(20(21)22)16-9-18(11)2/h4-5,9-10,14H,3,6-8H2,1-2H3. The highest BCUT2D eigenvalue weighted by atomic mass is 16.6. The summed E-state index contributed by atoms with van der Waals surface area (Å²) in [6.45, 7) is 2.91. The molecule has 2 aromatic rings. The summed E-state index contributed by atoms with van der Waals surface area (Å²) in [4.78, 5) is 21.2. The van der Waals surface area contributed by atoms with Crippen LogP contribution in [0, 0.1) is 10.1 Å². The van der Waals surface area contributed by atoms with Gasteiger partial charge in [0.15, 0.2) is 0 Å². The van der Waals surface area contributed by atoms with Crippen LogP contribution >= 0.6 is 0 Å². The molecule has 1 aliphatic rings. The van der Waals surface area contributed by atoms with Gasteiger partial charge in [0.1, 0.15) is 11.5 Å². The fourth-order valence-electron chi connectivity index (χ4n) is 2.86. The van der Waals surface area contributed by atoms with Crippen molar-refractivity contribution in [3.05, 3.63) is 40.4 Å². The summed E-state index contributed by atoms with van der Waals surface area (Å²) in [7, 11) is 3.74. The largest absolute Gasteiger partial charge is 0.386 e. The Labute approximate surface area is 127 Å². The number of imidazole rings is 2. The second kappa shape index (κ2) is 5.85. The molecule has 118 valence electrons. The van der Waals surface area contributed by atoms with Gasteiger partial charge in [-0.3, -0.25) is 4.90 Å². The maximum atomic E-state index is 11.1. The van der Waals surface area contributed by atoms with Crippen molar-refractivity contribution < 1.29 is 4.92 Å². The van der Waals surface area contributed by atoms with Crippen LogP contribution in [-0.4, -0.2) is 48.6 Å². The molecule has 9 heteroatoms. The molecule has 0 radical (unpaired) electrons. The number of aromatic nitrogens is 4. The third-order valence-electron chi connectivity index (χ3n) is 4.07. The fraction of sp³-hybridized carbons (Fsp3) is 0.538. The van der Waals surface area contributed by atoms with Gasteiger partial charge in [-0.15, -0.1) is 0 Å². The molecule has 1 saturated heterocycles. The van der Waals surface area contributed by atoms with Crippen molar-refractivity contribution in [1.82, 2.24) is 29.3 Å². The summed E-state index contributed by atoms with van der Waals surface area (Å²) in [5, 5.41) is 14.5. The molecule has 9 nitrogen and oxygen atoms in total. The van der Waals surface area contributed by atoms with E-state index >= 15 is 0 Å². The van der Waals surface area contributed by atoms with Crippen molar-refractivity contribution >= 4 is 5.82 Å². The Balaban J connectivity index is 1.88. The molecule has 0 spiro atoms. The van der Waals surface area contributed by atoms with E-state index in [-0.39, 0.29) is 11.9 Å². The van der Waals surface area contributed by atoms with Gasteiger partial charge in [0, 0.05) is 52.7 Å². The van der Waals surface area contributed by atoms with Crippen molar-refractivity contribution in [2.24, 2.45) is 14.1 Å². The Morgan fingerprint density at radius 1 is 1.41 bits per heavy atom. The molecule has 0 aromatic carbocycles. The van der Waals surface area contributed by atoms with Crippen molar-refractivity contribution in [2.45, 2.75) is 12.6 Å². The Kier molecular flexibility index (Phi) is 3.90. The van der Waals surface area contributed by atoms with Crippen LogP contribution in [0.3, 0.4) is 0 Å². The Hall–Kier alpha value is -2.26. The highest BCUT2D eigenvalue weighted by Gasteiger charge is 2.30. The lowest BCUT2D eigenvalue weighted by Crippen LogP contribution is -2.46. The van der Waals surface area contributed by atoms with E-state index in [9.17, 15) is 10.1 Å². The molecule has 3 heterocycles. The number of hydrogen-bond acceptors (Lipinski definition) is 6. The van der Waals surface area contributed by atoms with Gasteiger partial charge in [-0.05, 0) is 9.91 Å². The molecule has 0 saturated carbocycles. The van der Waals surface area contributed by atoms with Crippen LogP contribution in [0.25, 0.3) is 0 Å². The Morgan fingerprint density at radius 2 is 2.23 bits per heavy atom. The van der Waals surface area contributed by atoms with E-state index in [0.717, 1.165) is 25.5 Å². The minimum Gasteiger partial charge on any atom is -0.358 e. The number of hydrogen-bond donors (Lipinski definition) is 1. The summed E-state index contributed by atoms with van der Waals surface area (Å²) >= 11 is 0. The molecule has 0 aliphatic carbocycles. The SMILES string of the molecule is Cn1ccnc1C1CNCCN1Cc1c([N+](=O)[O-])ncn1C. The van der Waals surface area contributed by atoms with Crippen LogP contribution in [0.4, 0.5) is 5.82 Å². The minimum absolute atomic E-state index is 0.0698. The normalized spacial score (nSPS) is 19.5. The lowest BCUT2D eigenvalue weighted by atomic mass is 10.1. The second-order valence-corrected chi connectivity index (χ2v) is 5.47. The molecule has 22 heavy (non-hydrogen) atoms. The molecule has 1 N–H and O–H groups in total. The van der Waals surface area contributed by atoms with E-state index in [1.807, 2.05) is 17.8 Å². The molecule has 0 bridgehead atoms. The third kappa shape index (κ3) is 2.60. The van der Waals surface area contributed by atoms with Gasteiger partial charge in [-0.2, -0.15) is 0 Å². The maximum Gasteiger partial charge on any atom is 0.386 e. The molecular formula is C13H19N7O2. The van der Waals surface area contributed by atoms with Gasteiger partial charge < -0.3 is 24.6 Å². The van der Waals surface area contributed by atoms with Gasteiger partial charge in [-0.1, -0.05) is 0 Å². The third-order valence-corrected chi connectivity index (χ3v) is 4.07. The summed E-state index contributed by atoms with van der Waals surface area (Å²) < 4.78 is 3.71. The quantitative estimate of drug-likeness (QED) is 0.641. The van der Waals surface area contributed by atoms with E-state index in [1.54, 1.807) is 17.8 Å². The Bertz CT molecular complexity index is 678. The highest BCUT2D eigenvalue weighted by Crippen LogP contribution is 2.25. The van der Waals surface area contributed by atoms with Crippen molar-refractivity contribution in [3.8, 4) is 0 Å². The number of rotatable bonds is 4. The molecule has 2 aromatic heterocycles. The predicted octanol–water partition coefficient (Wildman–Crippen LogP) is 0.208. The maximum absolute atomic E-state index is 11.1. The molecule has 0 amide bonds. The summed E-state index contributed by atoms with van der Waals surface area (Å²) in [6.07, 6.45) is 5.18. The van der Waals surface area contributed by atoms with Gasteiger partial charge in [-0.25, -0.2) is 4.98 Å². The first kappa shape index (κ1) is 14.7. The average molecular weight is 305 g/mol. The molecule has 1 fully saturated rings. The zero-order valence-corrected chi connectivity index (χ0v) is 12.6. The van der Waals surface area contributed by atoms with Crippen LogP contribution in [-0.2, 0) is 20.6 Å². The summed E-state index contributed by atoms with van der Waals surface area (Å²) in [6, 6.07) is 0.0863. The van der Waals surface area contributed by atoms with Gasteiger partial charge in [0.25, 0.3) is 0 Å². The number of aryl methyl sites for hydroxylation is 2. The van der Waals surface area contributed by atoms with E-state index < -0.39 is 4.92 Å². The molecule has 1 unspecified atom stereocenters. The first-order valence-electron chi connectivity index (χ1n) is 7.14. The average Bonchev–Trinajstić information content (AvgIpc) is 3.07. The van der Waals surface area contributed by atoms with Crippen LogP contribution in [0.15, 0.2) is 18.7 Å². The van der Waals surface area contributed by atoms with Crippen LogP contribution < -0.4 is 5.32 Å². The van der Waals surface area contributed by atoms with Crippen molar-refractivity contribution in [3.63, 3.8) is 0 Å².